The van der Waals surface area contributed by atoms with Gasteiger partial charge in [-0.2, -0.15) is 0 Å². The lowest BCUT2D eigenvalue weighted by Gasteiger charge is -2.31. The van der Waals surface area contributed by atoms with Crippen LogP contribution in [0.15, 0.2) is 24.3 Å². The number of piperidine rings is 1. The topological polar surface area (TPSA) is 87.2 Å². The summed E-state index contributed by atoms with van der Waals surface area (Å²) in [5.74, 6) is -1.34. The van der Waals surface area contributed by atoms with Crippen LogP contribution in [0.2, 0.25) is 0 Å². The standard InChI is InChI=1S/C19H25FN2O5/c1-21(13-18(24)22-10-8-14(9-11-22)19(25)26)17(23)3-2-12-27-16-6-4-15(20)5-7-16/h4-7,14H,2-3,8-13H2,1H3,(H,25,26). The van der Waals surface area contributed by atoms with E-state index in [9.17, 15) is 18.8 Å². The highest BCUT2D eigenvalue weighted by Crippen LogP contribution is 2.17. The number of nitrogens with zero attached hydrogens (tertiary/aromatic N) is 2. The average Bonchev–Trinajstić information content (AvgIpc) is 2.66. The van der Waals surface area contributed by atoms with Gasteiger partial charge in [-0.25, -0.2) is 4.39 Å². The summed E-state index contributed by atoms with van der Waals surface area (Å²) in [5, 5.41) is 8.99. The van der Waals surface area contributed by atoms with Crippen molar-refractivity contribution in [1.29, 1.82) is 0 Å². The summed E-state index contributed by atoms with van der Waals surface area (Å²) in [7, 11) is 1.57. The Morgan fingerprint density at radius 1 is 1.22 bits per heavy atom. The van der Waals surface area contributed by atoms with Crippen molar-refractivity contribution in [3.8, 4) is 5.75 Å². The fourth-order valence-corrected chi connectivity index (χ4v) is 2.90. The molecule has 1 aliphatic rings. The molecule has 148 valence electrons. The van der Waals surface area contributed by atoms with E-state index in [-0.39, 0.29) is 30.6 Å². The Balaban J connectivity index is 1.65. The molecule has 0 spiro atoms. The lowest BCUT2D eigenvalue weighted by atomic mass is 9.97. The molecule has 0 aliphatic carbocycles. The minimum absolute atomic E-state index is 0.0185. The number of carboxylic acids is 1. The monoisotopic (exact) mass is 380 g/mol. The number of hydrogen-bond acceptors (Lipinski definition) is 4. The highest BCUT2D eigenvalue weighted by molar-refractivity contribution is 5.84. The quantitative estimate of drug-likeness (QED) is 0.695. The molecule has 1 heterocycles. The van der Waals surface area contributed by atoms with Crippen molar-refractivity contribution in [2.75, 3.05) is 33.3 Å². The normalized spacial score (nSPS) is 14.7. The van der Waals surface area contributed by atoms with Crippen molar-refractivity contribution in [2.24, 2.45) is 5.92 Å². The Kier molecular flexibility index (Phi) is 7.57. The number of amides is 2. The summed E-state index contributed by atoms with van der Waals surface area (Å²) in [6.45, 7) is 1.12. The molecule has 27 heavy (non-hydrogen) atoms. The Bertz CT molecular complexity index is 657. The van der Waals surface area contributed by atoms with Crippen molar-refractivity contribution in [2.45, 2.75) is 25.7 Å². The van der Waals surface area contributed by atoms with Gasteiger partial charge in [0.25, 0.3) is 0 Å². The number of rotatable bonds is 8. The van der Waals surface area contributed by atoms with Gasteiger partial charge in [-0.05, 0) is 43.5 Å². The number of carbonyl (C=O) groups is 3. The summed E-state index contributed by atoms with van der Waals surface area (Å²) in [6, 6.07) is 5.66. The maximum absolute atomic E-state index is 12.8. The number of ether oxygens (including phenoxy) is 1. The van der Waals surface area contributed by atoms with Gasteiger partial charge in [0.1, 0.15) is 11.6 Å². The van der Waals surface area contributed by atoms with Crippen LogP contribution in [0.25, 0.3) is 0 Å². The molecule has 1 fully saturated rings. The molecule has 0 aromatic heterocycles. The molecule has 0 bridgehead atoms. The molecular weight excluding hydrogens is 355 g/mol. The molecule has 8 heteroatoms. The van der Waals surface area contributed by atoms with Crippen molar-refractivity contribution in [3.63, 3.8) is 0 Å². The van der Waals surface area contributed by atoms with Gasteiger partial charge in [-0.1, -0.05) is 0 Å². The zero-order valence-corrected chi connectivity index (χ0v) is 15.4. The third kappa shape index (κ3) is 6.54. The van der Waals surface area contributed by atoms with Crippen LogP contribution in [0.1, 0.15) is 25.7 Å². The van der Waals surface area contributed by atoms with Gasteiger partial charge in [0.05, 0.1) is 19.1 Å². The van der Waals surface area contributed by atoms with E-state index < -0.39 is 11.9 Å². The molecule has 1 aliphatic heterocycles. The number of benzene rings is 1. The first-order valence-corrected chi connectivity index (χ1v) is 8.99. The lowest BCUT2D eigenvalue weighted by molar-refractivity contribution is -0.146. The van der Waals surface area contributed by atoms with Crippen molar-refractivity contribution < 1.29 is 28.6 Å². The smallest absolute Gasteiger partial charge is 0.306 e. The molecule has 0 atom stereocenters. The van der Waals surface area contributed by atoms with Crippen LogP contribution in [-0.4, -0.2) is 66.0 Å². The molecule has 2 rings (SSSR count). The number of likely N-dealkylation sites (tertiary alicyclic amines) is 1. The van der Waals surface area contributed by atoms with Crippen LogP contribution >= 0.6 is 0 Å². The van der Waals surface area contributed by atoms with Crippen LogP contribution < -0.4 is 4.74 Å². The fourth-order valence-electron chi connectivity index (χ4n) is 2.90. The minimum atomic E-state index is -0.822. The van der Waals surface area contributed by atoms with E-state index in [1.165, 1.54) is 29.2 Å². The number of aliphatic carboxylic acids is 1. The molecule has 0 unspecified atom stereocenters. The van der Waals surface area contributed by atoms with Crippen LogP contribution in [0.5, 0.6) is 5.75 Å². The minimum Gasteiger partial charge on any atom is -0.494 e. The number of carbonyl (C=O) groups excluding carboxylic acids is 2. The predicted octanol–water partition coefficient (Wildman–Crippen LogP) is 1.77. The molecule has 7 nitrogen and oxygen atoms in total. The van der Waals surface area contributed by atoms with Gasteiger partial charge < -0.3 is 19.6 Å². The van der Waals surface area contributed by atoms with Gasteiger partial charge in [-0.15, -0.1) is 0 Å². The van der Waals surface area contributed by atoms with Gasteiger partial charge in [0, 0.05) is 26.6 Å². The second-order valence-electron chi connectivity index (χ2n) is 6.65. The van der Waals surface area contributed by atoms with Crippen LogP contribution in [0, 0.1) is 11.7 Å². The largest absolute Gasteiger partial charge is 0.494 e. The first-order valence-electron chi connectivity index (χ1n) is 8.99. The first-order chi connectivity index (χ1) is 12.9. The van der Waals surface area contributed by atoms with E-state index in [1.807, 2.05) is 0 Å². The molecule has 0 saturated carbocycles. The SMILES string of the molecule is CN(CC(=O)N1CCC(C(=O)O)CC1)C(=O)CCCOc1ccc(F)cc1. The maximum atomic E-state index is 12.8. The fraction of sp³-hybridized carbons (Fsp3) is 0.526. The molecule has 1 aromatic rings. The molecule has 1 saturated heterocycles. The number of hydrogen-bond donors (Lipinski definition) is 1. The summed E-state index contributed by atoms with van der Waals surface area (Å²) in [4.78, 5) is 38.3. The average molecular weight is 380 g/mol. The molecule has 2 amide bonds. The number of halogens is 1. The van der Waals surface area contributed by atoms with E-state index in [0.717, 1.165) is 0 Å². The molecule has 1 N–H and O–H groups in total. The van der Waals surface area contributed by atoms with E-state index in [0.29, 0.717) is 44.7 Å². The van der Waals surface area contributed by atoms with Gasteiger partial charge >= 0.3 is 5.97 Å². The molecule has 0 radical (unpaired) electrons. The Labute approximate surface area is 157 Å². The van der Waals surface area contributed by atoms with Crippen molar-refractivity contribution in [1.82, 2.24) is 9.80 Å². The van der Waals surface area contributed by atoms with Crippen molar-refractivity contribution >= 4 is 17.8 Å². The van der Waals surface area contributed by atoms with Gasteiger partial charge in [0.2, 0.25) is 11.8 Å². The van der Waals surface area contributed by atoms with E-state index in [4.69, 9.17) is 9.84 Å². The van der Waals surface area contributed by atoms with Crippen molar-refractivity contribution in [3.05, 3.63) is 30.1 Å². The Morgan fingerprint density at radius 3 is 2.44 bits per heavy atom. The summed E-state index contributed by atoms with van der Waals surface area (Å²) in [5.41, 5.74) is 0. The maximum Gasteiger partial charge on any atom is 0.306 e. The number of carboxylic acid groups (broad SMARTS) is 1. The lowest BCUT2D eigenvalue weighted by Crippen LogP contribution is -2.45. The van der Waals surface area contributed by atoms with E-state index >= 15 is 0 Å². The summed E-state index contributed by atoms with van der Waals surface area (Å²) >= 11 is 0. The Hall–Kier alpha value is -2.64. The summed E-state index contributed by atoms with van der Waals surface area (Å²) < 4.78 is 18.2. The first kappa shape index (κ1) is 20.7. The zero-order valence-electron chi connectivity index (χ0n) is 15.4. The van der Waals surface area contributed by atoms with Crippen LogP contribution in [0.3, 0.4) is 0 Å². The Morgan fingerprint density at radius 2 is 1.85 bits per heavy atom. The van der Waals surface area contributed by atoms with E-state index in [2.05, 4.69) is 0 Å². The van der Waals surface area contributed by atoms with Crippen LogP contribution in [0.4, 0.5) is 4.39 Å². The summed E-state index contributed by atoms with van der Waals surface area (Å²) in [6.07, 6.45) is 1.61. The second-order valence-corrected chi connectivity index (χ2v) is 6.65. The highest BCUT2D eigenvalue weighted by Gasteiger charge is 2.27. The molecular formula is C19H25FN2O5. The predicted molar refractivity (Wildman–Crippen MR) is 95.7 cm³/mol. The highest BCUT2D eigenvalue weighted by atomic mass is 19.1. The second kappa shape index (κ2) is 9.89. The van der Waals surface area contributed by atoms with Gasteiger partial charge in [-0.3, -0.25) is 14.4 Å². The third-order valence-corrected chi connectivity index (χ3v) is 4.61. The third-order valence-electron chi connectivity index (χ3n) is 4.61. The van der Waals surface area contributed by atoms with E-state index in [1.54, 1.807) is 11.9 Å². The zero-order chi connectivity index (χ0) is 19.8. The molecule has 1 aromatic carbocycles. The van der Waals surface area contributed by atoms with Crippen LogP contribution in [-0.2, 0) is 14.4 Å². The van der Waals surface area contributed by atoms with Gasteiger partial charge in [0.15, 0.2) is 0 Å². The number of likely N-dealkylation sites (N-methyl/N-ethyl adjacent to an activating group) is 1.